The first-order valence-corrected chi connectivity index (χ1v) is 7.49. The zero-order chi connectivity index (χ0) is 18.7. The minimum absolute atomic E-state index is 0.000467. The fourth-order valence-electron chi connectivity index (χ4n) is 2.61. The number of carbonyl (C=O) groups excluding carboxylic acids is 1. The number of para-hydroxylation sites is 1. The molecule has 2 aromatic rings. The molecule has 1 aromatic heterocycles. The van der Waals surface area contributed by atoms with Crippen molar-refractivity contribution >= 4 is 11.5 Å². The van der Waals surface area contributed by atoms with E-state index < -0.39 is 27.8 Å². The fourth-order valence-corrected chi connectivity index (χ4v) is 2.61. The number of carbonyl (C=O) groups is 1. The molecule has 0 atom stereocenters. The second kappa shape index (κ2) is 6.97. The second-order valence-corrected chi connectivity index (χ2v) is 5.37. The van der Waals surface area contributed by atoms with Crippen LogP contribution in [0.5, 0.6) is 5.88 Å². The number of aromatic hydroxyl groups is 1. The zero-order valence-electron chi connectivity index (χ0n) is 13.6. The van der Waals surface area contributed by atoms with Crippen LogP contribution in [0.1, 0.15) is 40.4 Å². The van der Waals surface area contributed by atoms with Crippen LogP contribution < -0.4 is 5.56 Å². The zero-order valence-corrected chi connectivity index (χ0v) is 13.6. The first-order chi connectivity index (χ1) is 11.8. The van der Waals surface area contributed by atoms with Crippen LogP contribution in [0.2, 0.25) is 0 Å². The molecule has 2 rings (SSSR count). The molecule has 25 heavy (non-hydrogen) atoms. The van der Waals surface area contributed by atoms with Gasteiger partial charge in [-0.25, -0.2) is 0 Å². The lowest BCUT2D eigenvalue weighted by molar-refractivity contribution is -0.385. The van der Waals surface area contributed by atoms with Crippen molar-refractivity contribution < 1.29 is 14.8 Å². The summed E-state index contributed by atoms with van der Waals surface area (Å²) >= 11 is 0. The summed E-state index contributed by atoms with van der Waals surface area (Å²) < 4.78 is 0.938. The quantitative estimate of drug-likeness (QED) is 0.505. The number of benzene rings is 1. The number of pyridine rings is 1. The van der Waals surface area contributed by atoms with E-state index in [0.29, 0.717) is 6.42 Å². The minimum Gasteiger partial charge on any atom is -0.494 e. The molecule has 0 bridgehead atoms. The molecule has 0 saturated carbocycles. The molecular weight excluding hydrogens is 326 g/mol. The third-order valence-electron chi connectivity index (χ3n) is 3.82. The topological polar surface area (TPSA) is 126 Å². The largest absolute Gasteiger partial charge is 0.494 e. The molecule has 0 amide bonds. The molecule has 0 radical (unpaired) electrons. The van der Waals surface area contributed by atoms with Crippen molar-refractivity contribution in [2.75, 3.05) is 0 Å². The van der Waals surface area contributed by atoms with Crippen LogP contribution >= 0.6 is 0 Å². The summed E-state index contributed by atoms with van der Waals surface area (Å²) in [6.07, 6.45) is 0.487. The fraction of sp³-hybridized carbons (Fsp3) is 0.235. The van der Waals surface area contributed by atoms with E-state index in [0.717, 1.165) is 4.57 Å². The van der Waals surface area contributed by atoms with Gasteiger partial charge in [-0.15, -0.1) is 0 Å². The standard InChI is InChI=1S/C17H15N3O5/c1-3-8-19-16(22)12(9-18)10(2)14(17(19)23)15(21)11-6-4-5-7-13(11)20(24)25/h4-7,23H,3,8H2,1-2H3. The van der Waals surface area contributed by atoms with Gasteiger partial charge in [0.2, 0.25) is 11.7 Å². The summed E-state index contributed by atoms with van der Waals surface area (Å²) in [4.78, 5) is 35.6. The van der Waals surface area contributed by atoms with E-state index in [2.05, 4.69) is 0 Å². The van der Waals surface area contributed by atoms with E-state index in [9.17, 15) is 30.1 Å². The Bertz CT molecular complexity index is 969. The minimum atomic E-state index is -0.816. The van der Waals surface area contributed by atoms with Crippen molar-refractivity contribution in [2.24, 2.45) is 0 Å². The molecule has 1 aromatic carbocycles. The Morgan fingerprint density at radius 2 is 2.04 bits per heavy atom. The number of nitriles is 1. The molecule has 0 saturated heterocycles. The lowest BCUT2D eigenvalue weighted by Gasteiger charge is -2.15. The van der Waals surface area contributed by atoms with Gasteiger partial charge >= 0.3 is 0 Å². The van der Waals surface area contributed by atoms with Gasteiger partial charge in [0.05, 0.1) is 10.5 Å². The average molecular weight is 341 g/mol. The molecule has 0 aliphatic heterocycles. The first kappa shape index (κ1) is 17.9. The predicted octanol–water partition coefficient (Wildman–Crippen LogP) is 2.28. The van der Waals surface area contributed by atoms with Crippen molar-refractivity contribution in [1.29, 1.82) is 5.26 Å². The van der Waals surface area contributed by atoms with E-state index >= 15 is 0 Å². The summed E-state index contributed by atoms with van der Waals surface area (Å²) in [5.74, 6) is -1.41. The number of nitro groups is 1. The van der Waals surface area contributed by atoms with E-state index in [-0.39, 0.29) is 28.8 Å². The third kappa shape index (κ3) is 2.99. The maximum absolute atomic E-state index is 12.9. The van der Waals surface area contributed by atoms with Crippen LogP contribution in [0.3, 0.4) is 0 Å². The van der Waals surface area contributed by atoms with Gasteiger partial charge in [-0.1, -0.05) is 19.1 Å². The van der Waals surface area contributed by atoms with Gasteiger partial charge < -0.3 is 5.11 Å². The Balaban J connectivity index is 2.82. The van der Waals surface area contributed by atoms with Gasteiger partial charge in [0.1, 0.15) is 17.2 Å². The molecule has 8 nitrogen and oxygen atoms in total. The summed E-state index contributed by atoms with van der Waals surface area (Å²) in [5.41, 5.74) is -1.89. The molecule has 1 heterocycles. The van der Waals surface area contributed by atoms with Crippen molar-refractivity contribution in [3.8, 4) is 11.9 Å². The highest BCUT2D eigenvalue weighted by Crippen LogP contribution is 2.28. The van der Waals surface area contributed by atoms with E-state index in [1.807, 2.05) is 0 Å². The number of nitrogens with zero attached hydrogens (tertiary/aromatic N) is 3. The van der Waals surface area contributed by atoms with Crippen LogP contribution in [-0.4, -0.2) is 20.4 Å². The van der Waals surface area contributed by atoms with Crippen molar-refractivity contribution in [2.45, 2.75) is 26.8 Å². The van der Waals surface area contributed by atoms with E-state index in [1.54, 1.807) is 13.0 Å². The number of aromatic nitrogens is 1. The van der Waals surface area contributed by atoms with Gasteiger partial charge in [0.15, 0.2) is 0 Å². The van der Waals surface area contributed by atoms with E-state index in [4.69, 9.17) is 0 Å². The van der Waals surface area contributed by atoms with Crippen LogP contribution in [-0.2, 0) is 6.54 Å². The van der Waals surface area contributed by atoms with Crippen molar-refractivity contribution in [3.63, 3.8) is 0 Å². The Labute approximate surface area is 142 Å². The molecule has 1 N–H and O–H groups in total. The Kier molecular flexibility index (Phi) is 4.98. The summed E-state index contributed by atoms with van der Waals surface area (Å²) in [6, 6.07) is 7.06. The molecule has 8 heteroatoms. The summed E-state index contributed by atoms with van der Waals surface area (Å²) in [5, 5.41) is 30.8. The molecule has 0 aliphatic rings. The second-order valence-electron chi connectivity index (χ2n) is 5.37. The highest BCUT2D eigenvalue weighted by atomic mass is 16.6. The molecule has 0 spiro atoms. The smallest absolute Gasteiger partial charge is 0.280 e. The van der Waals surface area contributed by atoms with Gasteiger partial charge in [-0.3, -0.25) is 24.3 Å². The maximum Gasteiger partial charge on any atom is 0.280 e. The lowest BCUT2D eigenvalue weighted by Crippen LogP contribution is -2.26. The number of hydrogen-bond acceptors (Lipinski definition) is 6. The van der Waals surface area contributed by atoms with Crippen molar-refractivity contribution in [1.82, 2.24) is 4.57 Å². The normalized spacial score (nSPS) is 10.3. The van der Waals surface area contributed by atoms with Gasteiger partial charge in [-0.05, 0) is 25.0 Å². The van der Waals surface area contributed by atoms with E-state index in [1.165, 1.54) is 31.2 Å². The monoisotopic (exact) mass is 341 g/mol. The molecule has 128 valence electrons. The molecule has 0 aliphatic carbocycles. The van der Waals surface area contributed by atoms with Gasteiger partial charge in [0, 0.05) is 12.6 Å². The molecule has 0 fully saturated rings. The van der Waals surface area contributed by atoms with Gasteiger partial charge in [-0.2, -0.15) is 5.26 Å². The number of ketones is 1. The highest BCUT2D eigenvalue weighted by Gasteiger charge is 2.28. The summed E-state index contributed by atoms with van der Waals surface area (Å²) in [6.45, 7) is 3.23. The highest BCUT2D eigenvalue weighted by molar-refractivity contribution is 6.13. The first-order valence-electron chi connectivity index (χ1n) is 7.49. The van der Waals surface area contributed by atoms with Crippen LogP contribution in [0.15, 0.2) is 29.1 Å². The number of hydrogen-bond donors (Lipinski definition) is 1. The third-order valence-corrected chi connectivity index (χ3v) is 3.82. The van der Waals surface area contributed by atoms with Gasteiger partial charge in [0.25, 0.3) is 11.2 Å². The van der Waals surface area contributed by atoms with Crippen molar-refractivity contribution in [3.05, 3.63) is 67.0 Å². The number of rotatable bonds is 5. The Morgan fingerprint density at radius 1 is 1.40 bits per heavy atom. The summed E-state index contributed by atoms with van der Waals surface area (Å²) in [7, 11) is 0. The van der Waals surface area contributed by atoms with Crippen LogP contribution in [0, 0.1) is 28.4 Å². The van der Waals surface area contributed by atoms with Crippen LogP contribution in [0.4, 0.5) is 5.69 Å². The predicted molar refractivity (Wildman–Crippen MR) is 88.6 cm³/mol. The average Bonchev–Trinajstić information content (AvgIpc) is 2.59. The SMILES string of the molecule is CCCn1c(O)c(C(=O)c2ccccc2[N+](=O)[O-])c(C)c(C#N)c1=O. The van der Waals surface area contributed by atoms with Crippen LogP contribution in [0.25, 0.3) is 0 Å². The Morgan fingerprint density at radius 3 is 2.60 bits per heavy atom. The number of nitro benzene ring substituents is 1. The molecular formula is C17H15N3O5. The Hall–Kier alpha value is -3.47. The lowest BCUT2D eigenvalue weighted by atomic mass is 9.96. The maximum atomic E-state index is 12.9. The molecule has 0 unspecified atom stereocenters.